The number of carbonyl (C=O) groups is 2. The van der Waals surface area contributed by atoms with E-state index in [1.807, 2.05) is 6.92 Å². The molecule has 0 bridgehead atoms. The molecule has 0 saturated heterocycles. The molecule has 159 valence electrons. The highest BCUT2D eigenvalue weighted by atomic mass is 35.5. The van der Waals surface area contributed by atoms with Crippen LogP contribution in [-0.4, -0.2) is 21.9 Å². The summed E-state index contributed by atoms with van der Waals surface area (Å²) in [4.78, 5) is 28.9. The van der Waals surface area contributed by atoms with Crippen LogP contribution < -0.4 is 10.6 Å². The lowest BCUT2D eigenvalue weighted by Crippen LogP contribution is -2.30. The zero-order valence-electron chi connectivity index (χ0n) is 16.6. The summed E-state index contributed by atoms with van der Waals surface area (Å²) in [6.45, 7) is 3.45. The van der Waals surface area contributed by atoms with Gasteiger partial charge in [-0.3, -0.25) is 9.59 Å². The molecule has 8 heteroatoms. The monoisotopic (exact) mass is 456 g/mol. The molecule has 0 unspecified atom stereocenters. The number of aromatic hydroxyl groups is 1. The van der Waals surface area contributed by atoms with E-state index in [0.29, 0.717) is 16.5 Å². The van der Waals surface area contributed by atoms with Gasteiger partial charge in [0.15, 0.2) is 0 Å². The van der Waals surface area contributed by atoms with Crippen molar-refractivity contribution in [1.82, 2.24) is 15.6 Å². The first kappa shape index (κ1) is 22.6. The Balaban J connectivity index is 1.87. The molecular formula is C23H20Cl2N3O3. The van der Waals surface area contributed by atoms with Gasteiger partial charge >= 0.3 is 0 Å². The van der Waals surface area contributed by atoms with Gasteiger partial charge in [-0.05, 0) is 41.8 Å². The predicted molar refractivity (Wildman–Crippen MR) is 120 cm³/mol. The minimum Gasteiger partial charge on any atom is -0.507 e. The summed E-state index contributed by atoms with van der Waals surface area (Å²) < 4.78 is 0. The average molecular weight is 457 g/mol. The number of hydrogen-bond acceptors (Lipinski definition) is 4. The van der Waals surface area contributed by atoms with E-state index >= 15 is 0 Å². The van der Waals surface area contributed by atoms with Crippen molar-refractivity contribution in [1.29, 1.82) is 0 Å². The van der Waals surface area contributed by atoms with E-state index in [2.05, 4.69) is 15.6 Å². The highest BCUT2D eigenvalue weighted by molar-refractivity contribution is 6.30. The number of benzene rings is 2. The Bertz CT molecular complexity index is 1020. The number of nitrogens with one attached hydrogen (secondary N) is 2. The molecule has 1 heterocycles. The Morgan fingerprint density at radius 3 is 2.03 bits per heavy atom. The van der Waals surface area contributed by atoms with Crippen LogP contribution in [0.15, 0.2) is 60.8 Å². The molecule has 3 aromatic rings. The van der Waals surface area contributed by atoms with Crippen LogP contribution in [0, 0.1) is 6.54 Å². The predicted octanol–water partition coefficient (Wildman–Crippen LogP) is 4.91. The molecular weight excluding hydrogens is 437 g/mol. The van der Waals surface area contributed by atoms with Crippen LogP contribution in [0.2, 0.25) is 10.0 Å². The number of hydrogen-bond donors (Lipinski definition) is 3. The molecule has 0 aliphatic carbocycles. The smallest absolute Gasteiger partial charge is 0.270 e. The van der Waals surface area contributed by atoms with Gasteiger partial charge in [-0.25, -0.2) is 4.98 Å². The minimum absolute atomic E-state index is 0.00528. The van der Waals surface area contributed by atoms with E-state index < -0.39 is 17.9 Å². The Hall–Kier alpha value is -3.09. The largest absolute Gasteiger partial charge is 0.507 e. The molecule has 1 aromatic heterocycles. The first-order valence-corrected chi connectivity index (χ1v) is 10.3. The lowest BCUT2D eigenvalue weighted by Gasteiger charge is -2.20. The molecule has 3 rings (SSSR count). The summed E-state index contributed by atoms with van der Waals surface area (Å²) in [6.07, 6.45) is 1.82. The molecule has 2 amide bonds. The number of carbonyl (C=O) groups excluding carboxylic acids is 2. The summed E-state index contributed by atoms with van der Waals surface area (Å²) in [7, 11) is 0. The molecule has 0 fully saturated rings. The van der Waals surface area contributed by atoms with Crippen molar-refractivity contribution in [3.63, 3.8) is 0 Å². The Morgan fingerprint density at radius 1 is 1.00 bits per heavy atom. The first-order chi connectivity index (χ1) is 14.9. The molecule has 2 aromatic carbocycles. The topological polar surface area (TPSA) is 91.3 Å². The van der Waals surface area contributed by atoms with Crippen molar-refractivity contribution in [3.05, 3.63) is 99.8 Å². The van der Waals surface area contributed by atoms with E-state index in [1.165, 1.54) is 6.20 Å². The van der Waals surface area contributed by atoms with Crippen molar-refractivity contribution in [3.8, 4) is 5.75 Å². The standard InChI is InChI=1S/C23H20Cl2N3O3/c1-2-11-26-23(31)19-12-20(29)18(13-27-19)22(30)28-21(14-3-7-16(24)8-4-14)15-5-9-17(25)10-6-15/h3-13,21H,2H2,1H3,(H,26,31)(H,27,29)(H,28,30). The fraction of sp³-hybridized carbons (Fsp3) is 0.130. The van der Waals surface area contributed by atoms with Gasteiger partial charge in [0.2, 0.25) is 0 Å². The molecule has 0 aliphatic heterocycles. The highest BCUT2D eigenvalue weighted by Crippen LogP contribution is 2.26. The Kier molecular flexibility index (Phi) is 7.50. The molecule has 31 heavy (non-hydrogen) atoms. The molecule has 1 radical (unpaired) electrons. The summed E-state index contributed by atoms with van der Waals surface area (Å²) in [5.74, 6) is -1.36. The lowest BCUT2D eigenvalue weighted by molar-refractivity contribution is 0.0932. The second kappa shape index (κ2) is 10.3. The van der Waals surface area contributed by atoms with Crippen LogP contribution in [0.25, 0.3) is 0 Å². The number of nitrogens with zero attached hydrogens (tertiary/aromatic N) is 1. The van der Waals surface area contributed by atoms with Crippen LogP contribution in [0.5, 0.6) is 5.75 Å². The normalized spacial score (nSPS) is 10.7. The van der Waals surface area contributed by atoms with Crippen LogP contribution in [0.1, 0.15) is 51.4 Å². The maximum Gasteiger partial charge on any atom is 0.270 e. The number of rotatable bonds is 7. The minimum atomic E-state index is -0.549. The molecule has 0 atom stereocenters. The van der Waals surface area contributed by atoms with Crippen molar-refractivity contribution >= 4 is 35.0 Å². The van der Waals surface area contributed by atoms with Gasteiger partial charge in [-0.15, -0.1) is 0 Å². The van der Waals surface area contributed by atoms with Crippen LogP contribution in [0.3, 0.4) is 0 Å². The quantitative estimate of drug-likeness (QED) is 0.470. The van der Waals surface area contributed by atoms with Gasteiger partial charge < -0.3 is 15.7 Å². The van der Waals surface area contributed by atoms with Gasteiger partial charge in [-0.2, -0.15) is 0 Å². The van der Waals surface area contributed by atoms with Gasteiger partial charge in [0.05, 0.1) is 11.6 Å². The van der Waals surface area contributed by atoms with Crippen molar-refractivity contribution < 1.29 is 14.7 Å². The molecule has 6 nitrogen and oxygen atoms in total. The van der Waals surface area contributed by atoms with Gasteiger partial charge in [0.25, 0.3) is 11.8 Å². The summed E-state index contributed by atoms with van der Waals surface area (Å²) >= 11 is 12.0. The third-order valence-corrected chi connectivity index (χ3v) is 4.98. The van der Waals surface area contributed by atoms with E-state index in [1.54, 1.807) is 55.1 Å². The van der Waals surface area contributed by atoms with Crippen LogP contribution >= 0.6 is 23.2 Å². The summed E-state index contributed by atoms with van der Waals surface area (Å²) in [5, 5.41) is 16.9. The van der Waals surface area contributed by atoms with E-state index in [0.717, 1.165) is 17.2 Å². The Morgan fingerprint density at radius 2 is 1.55 bits per heavy atom. The SMILES string of the molecule is CC[CH]NC(=O)c1cc(O)c(C(=O)NC(c2ccc(Cl)cc2)c2ccc(Cl)cc2)cn1. The number of aromatic nitrogens is 1. The van der Waals surface area contributed by atoms with Crippen LogP contribution in [-0.2, 0) is 0 Å². The zero-order valence-corrected chi connectivity index (χ0v) is 18.1. The highest BCUT2D eigenvalue weighted by Gasteiger charge is 2.21. The maximum absolute atomic E-state index is 12.9. The van der Waals surface area contributed by atoms with Gasteiger partial charge in [0.1, 0.15) is 11.4 Å². The van der Waals surface area contributed by atoms with Crippen molar-refractivity contribution in [2.45, 2.75) is 19.4 Å². The first-order valence-electron chi connectivity index (χ1n) is 9.52. The third-order valence-electron chi connectivity index (χ3n) is 4.48. The Labute approximate surface area is 190 Å². The zero-order chi connectivity index (χ0) is 22.4. The van der Waals surface area contributed by atoms with E-state index in [4.69, 9.17) is 23.2 Å². The summed E-state index contributed by atoms with van der Waals surface area (Å²) in [6, 6.07) is 14.8. The lowest BCUT2D eigenvalue weighted by atomic mass is 9.98. The summed E-state index contributed by atoms with van der Waals surface area (Å²) in [5.41, 5.74) is 1.53. The number of halogens is 2. The van der Waals surface area contributed by atoms with Gasteiger partial charge in [-0.1, -0.05) is 54.4 Å². The number of pyridine rings is 1. The second-order valence-electron chi connectivity index (χ2n) is 6.68. The fourth-order valence-corrected chi connectivity index (χ4v) is 3.14. The van der Waals surface area contributed by atoms with Gasteiger partial charge in [0, 0.05) is 28.9 Å². The average Bonchev–Trinajstić information content (AvgIpc) is 2.77. The molecule has 0 spiro atoms. The van der Waals surface area contributed by atoms with Crippen LogP contribution in [0.4, 0.5) is 0 Å². The third kappa shape index (κ3) is 5.75. The molecule has 0 aliphatic rings. The number of amides is 2. The molecule has 0 saturated carbocycles. The molecule has 3 N–H and O–H groups in total. The second-order valence-corrected chi connectivity index (χ2v) is 7.55. The fourth-order valence-electron chi connectivity index (χ4n) is 2.89. The van der Waals surface area contributed by atoms with Crippen molar-refractivity contribution in [2.75, 3.05) is 0 Å². The maximum atomic E-state index is 12.9. The van der Waals surface area contributed by atoms with E-state index in [-0.39, 0.29) is 17.0 Å². The van der Waals surface area contributed by atoms with E-state index in [9.17, 15) is 14.7 Å². The van der Waals surface area contributed by atoms with Crippen molar-refractivity contribution in [2.24, 2.45) is 0 Å².